The van der Waals surface area contributed by atoms with E-state index in [1.54, 1.807) is 0 Å². The van der Waals surface area contributed by atoms with E-state index in [4.69, 9.17) is 5.73 Å². The van der Waals surface area contributed by atoms with E-state index in [2.05, 4.69) is 12.2 Å². The molecular formula is C6H16Cl2N2. The van der Waals surface area contributed by atoms with Gasteiger partial charge in [0, 0.05) is 12.1 Å². The van der Waals surface area contributed by atoms with Crippen LogP contribution in [0.15, 0.2) is 0 Å². The van der Waals surface area contributed by atoms with E-state index in [1.807, 2.05) is 0 Å². The van der Waals surface area contributed by atoms with Crippen LogP contribution in [-0.4, -0.2) is 18.6 Å². The van der Waals surface area contributed by atoms with Gasteiger partial charge in [-0.25, -0.2) is 0 Å². The maximum absolute atomic E-state index is 5.82. The molecule has 2 nitrogen and oxygen atoms in total. The van der Waals surface area contributed by atoms with Crippen LogP contribution in [0.1, 0.15) is 19.8 Å². The first-order valence-electron chi connectivity index (χ1n) is 3.20. The first-order chi connectivity index (χ1) is 3.71. The lowest BCUT2D eigenvalue weighted by molar-refractivity contribution is 0.342. The van der Waals surface area contributed by atoms with Gasteiger partial charge in [-0.3, -0.25) is 0 Å². The normalized spacial score (nSPS) is 31.8. The van der Waals surface area contributed by atoms with Crippen LogP contribution in [0.2, 0.25) is 0 Å². The van der Waals surface area contributed by atoms with Gasteiger partial charge in [0.25, 0.3) is 0 Å². The van der Waals surface area contributed by atoms with E-state index in [-0.39, 0.29) is 30.4 Å². The average Bonchev–Trinajstić information content (AvgIpc) is 1.65. The second-order valence-corrected chi connectivity index (χ2v) is 2.93. The van der Waals surface area contributed by atoms with E-state index in [9.17, 15) is 0 Å². The van der Waals surface area contributed by atoms with Gasteiger partial charge in [0.15, 0.2) is 0 Å². The highest BCUT2D eigenvalue weighted by molar-refractivity contribution is 5.85. The monoisotopic (exact) mass is 186 g/mol. The van der Waals surface area contributed by atoms with Crippen molar-refractivity contribution >= 4 is 24.8 Å². The van der Waals surface area contributed by atoms with Crippen molar-refractivity contribution in [2.45, 2.75) is 25.3 Å². The Morgan fingerprint density at radius 3 is 2.20 bits per heavy atom. The van der Waals surface area contributed by atoms with Gasteiger partial charge in [-0.2, -0.15) is 0 Å². The zero-order valence-electron chi connectivity index (χ0n) is 6.22. The van der Waals surface area contributed by atoms with Crippen LogP contribution in [0, 0.1) is 0 Å². The number of nitrogens with one attached hydrogen (secondary N) is 1. The van der Waals surface area contributed by atoms with Crippen LogP contribution >= 0.6 is 24.8 Å². The summed E-state index contributed by atoms with van der Waals surface area (Å²) in [5.74, 6) is 0. The molecule has 1 heterocycles. The zero-order chi connectivity index (χ0) is 6.04. The van der Waals surface area contributed by atoms with Crippen molar-refractivity contribution in [3.8, 4) is 0 Å². The molecule has 0 aromatic carbocycles. The van der Waals surface area contributed by atoms with Gasteiger partial charge in [0.05, 0.1) is 0 Å². The summed E-state index contributed by atoms with van der Waals surface area (Å²) >= 11 is 0. The Morgan fingerprint density at radius 1 is 1.40 bits per heavy atom. The van der Waals surface area contributed by atoms with Crippen LogP contribution in [0.5, 0.6) is 0 Å². The lowest BCUT2D eigenvalue weighted by Crippen LogP contribution is -2.50. The Labute approximate surface area is 74.8 Å². The standard InChI is InChI=1S/C6H14N2.2ClH/c1-6(7)3-2-4-8-5-6;;/h8H,2-5,7H2,1H3;2*1H/t6-;;/m1../s1. The van der Waals surface area contributed by atoms with Gasteiger partial charge in [0.1, 0.15) is 0 Å². The minimum atomic E-state index is 0. The van der Waals surface area contributed by atoms with Crippen LogP contribution in [0.3, 0.4) is 0 Å². The highest BCUT2D eigenvalue weighted by Gasteiger charge is 2.20. The summed E-state index contributed by atoms with van der Waals surface area (Å²) < 4.78 is 0. The first-order valence-corrected chi connectivity index (χ1v) is 3.20. The molecule has 1 fully saturated rings. The fraction of sp³-hybridized carbons (Fsp3) is 1.00. The third-order valence-corrected chi connectivity index (χ3v) is 1.63. The topological polar surface area (TPSA) is 38.0 Å². The molecule has 1 aliphatic rings. The third kappa shape index (κ3) is 4.34. The predicted molar refractivity (Wildman–Crippen MR) is 49.2 cm³/mol. The average molecular weight is 187 g/mol. The largest absolute Gasteiger partial charge is 0.324 e. The van der Waals surface area contributed by atoms with Crippen molar-refractivity contribution in [3.63, 3.8) is 0 Å². The molecule has 0 saturated carbocycles. The molecule has 0 aromatic rings. The molecule has 1 saturated heterocycles. The summed E-state index contributed by atoms with van der Waals surface area (Å²) in [5.41, 5.74) is 5.88. The molecule has 0 aliphatic carbocycles. The Morgan fingerprint density at radius 2 is 2.00 bits per heavy atom. The molecule has 0 unspecified atom stereocenters. The minimum absolute atomic E-state index is 0. The summed E-state index contributed by atoms with van der Waals surface area (Å²) in [6.45, 7) is 4.22. The molecule has 10 heavy (non-hydrogen) atoms. The van der Waals surface area contributed by atoms with Gasteiger partial charge in [0.2, 0.25) is 0 Å². The molecule has 1 atom stereocenters. The van der Waals surface area contributed by atoms with Crippen LogP contribution in [0.4, 0.5) is 0 Å². The molecule has 64 valence electrons. The van der Waals surface area contributed by atoms with Gasteiger partial charge in [-0.1, -0.05) is 0 Å². The van der Waals surface area contributed by atoms with Crippen molar-refractivity contribution in [2.24, 2.45) is 5.73 Å². The highest BCUT2D eigenvalue weighted by atomic mass is 35.5. The molecule has 4 heteroatoms. The molecule has 1 aliphatic heterocycles. The van der Waals surface area contributed by atoms with Crippen LogP contribution < -0.4 is 11.1 Å². The summed E-state index contributed by atoms with van der Waals surface area (Å²) in [7, 11) is 0. The fourth-order valence-electron chi connectivity index (χ4n) is 1.08. The van der Waals surface area contributed by atoms with Crippen molar-refractivity contribution in [2.75, 3.05) is 13.1 Å². The van der Waals surface area contributed by atoms with Crippen molar-refractivity contribution in [1.82, 2.24) is 5.32 Å². The molecule has 1 rings (SSSR count). The van der Waals surface area contributed by atoms with E-state index in [1.165, 1.54) is 12.8 Å². The molecule has 0 aromatic heterocycles. The molecular weight excluding hydrogens is 171 g/mol. The van der Waals surface area contributed by atoms with E-state index < -0.39 is 0 Å². The van der Waals surface area contributed by atoms with Gasteiger partial charge >= 0.3 is 0 Å². The third-order valence-electron chi connectivity index (χ3n) is 1.63. The Hall–Kier alpha value is 0.500. The minimum Gasteiger partial charge on any atom is -0.324 e. The first kappa shape index (κ1) is 13.1. The molecule has 0 radical (unpaired) electrons. The van der Waals surface area contributed by atoms with Crippen LogP contribution in [-0.2, 0) is 0 Å². The van der Waals surface area contributed by atoms with Gasteiger partial charge in [-0.15, -0.1) is 24.8 Å². The number of halogens is 2. The summed E-state index contributed by atoms with van der Waals surface area (Å²) in [6.07, 6.45) is 2.40. The molecule has 0 amide bonds. The van der Waals surface area contributed by atoms with E-state index in [0.29, 0.717) is 0 Å². The quantitative estimate of drug-likeness (QED) is 0.592. The second kappa shape index (κ2) is 5.19. The maximum Gasteiger partial charge on any atom is 0.0252 e. The fourth-order valence-corrected chi connectivity index (χ4v) is 1.08. The van der Waals surface area contributed by atoms with Gasteiger partial charge in [-0.05, 0) is 26.3 Å². The smallest absolute Gasteiger partial charge is 0.0252 e. The highest BCUT2D eigenvalue weighted by Crippen LogP contribution is 2.10. The lowest BCUT2D eigenvalue weighted by atomic mass is 9.94. The second-order valence-electron chi connectivity index (χ2n) is 2.93. The summed E-state index contributed by atoms with van der Waals surface area (Å²) in [4.78, 5) is 0. The molecule has 0 spiro atoms. The van der Waals surface area contributed by atoms with Crippen molar-refractivity contribution in [1.29, 1.82) is 0 Å². The molecule has 0 bridgehead atoms. The zero-order valence-corrected chi connectivity index (χ0v) is 7.86. The number of hydrogen-bond acceptors (Lipinski definition) is 2. The summed E-state index contributed by atoms with van der Waals surface area (Å²) in [5, 5.41) is 3.25. The number of hydrogen-bond donors (Lipinski definition) is 2. The predicted octanol–water partition coefficient (Wildman–Crippen LogP) is 0.931. The van der Waals surface area contributed by atoms with Crippen molar-refractivity contribution in [3.05, 3.63) is 0 Å². The summed E-state index contributed by atoms with van der Waals surface area (Å²) in [6, 6.07) is 0. The molecule has 3 N–H and O–H groups in total. The number of nitrogens with two attached hydrogens (primary N) is 1. The van der Waals surface area contributed by atoms with Gasteiger partial charge < -0.3 is 11.1 Å². The van der Waals surface area contributed by atoms with E-state index in [0.717, 1.165) is 13.1 Å². The Bertz CT molecular complexity index is 77.8. The number of piperidine rings is 1. The van der Waals surface area contributed by atoms with Crippen LogP contribution in [0.25, 0.3) is 0 Å². The van der Waals surface area contributed by atoms with Crippen molar-refractivity contribution < 1.29 is 0 Å². The Kier molecular flexibility index (Phi) is 6.81. The van der Waals surface area contributed by atoms with E-state index >= 15 is 0 Å². The Balaban J connectivity index is 0. The SMILES string of the molecule is C[C@@]1(N)CCCNC1.Cl.Cl. The maximum atomic E-state index is 5.82. The lowest BCUT2D eigenvalue weighted by Gasteiger charge is -2.29. The number of rotatable bonds is 0.